The molecule has 1 saturated carbocycles. The van der Waals surface area contributed by atoms with E-state index in [2.05, 4.69) is 26.9 Å². The molecular weight excluding hydrogens is 514 g/mol. The van der Waals surface area contributed by atoms with Gasteiger partial charge in [0.2, 0.25) is 0 Å². The van der Waals surface area contributed by atoms with Crippen molar-refractivity contribution in [2.75, 3.05) is 13.7 Å². The van der Waals surface area contributed by atoms with Crippen LogP contribution in [0.15, 0.2) is 78.9 Å². The molecule has 2 aliphatic rings. The van der Waals surface area contributed by atoms with Gasteiger partial charge in [0.05, 0.1) is 24.8 Å². The number of aliphatic hydroxyl groups excluding tert-OH is 1. The molecule has 206 valence electrons. The molecule has 0 radical (unpaired) electrons. The van der Waals surface area contributed by atoms with Gasteiger partial charge in [-0.1, -0.05) is 66.7 Å². The maximum atomic E-state index is 13.1. The van der Waals surface area contributed by atoms with Crippen LogP contribution in [0.25, 0.3) is 0 Å². The summed E-state index contributed by atoms with van der Waals surface area (Å²) in [5, 5.41) is 13.6. The zero-order valence-corrected chi connectivity index (χ0v) is 22.8. The van der Waals surface area contributed by atoms with Gasteiger partial charge in [-0.15, -0.1) is 0 Å². The first-order chi connectivity index (χ1) is 18.8. The van der Waals surface area contributed by atoms with Crippen molar-refractivity contribution in [1.82, 2.24) is 14.8 Å². The van der Waals surface area contributed by atoms with Gasteiger partial charge in [-0.25, -0.2) is 0 Å². The number of benzene rings is 3. The Morgan fingerprint density at radius 2 is 1.62 bits per heavy atom. The molecule has 5 rings (SSSR count). The second-order valence-corrected chi connectivity index (χ2v) is 12.0. The number of carbonyl (C=O) groups excluding carboxylic acids is 1. The van der Waals surface area contributed by atoms with Gasteiger partial charge < -0.3 is 15.2 Å². The molecule has 0 spiro atoms. The van der Waals surface area contributed by atoms with E-state index in [1.165, 1.54) is 0 Å². The number of methoxy groups -OCH3 is 1. The average Bonchev–Trinajstić information content (AvgIpc) is 3.27. The molecule has 1 amide bonds. The first kappa shape index (κ1) is 27.3. The molecule has 3 aromatic carbocycles. The van der Waals surface area contributed by atoms with Crippen LogP contribution >= 0.6 is 0 Å². The number of aliphatic hydroxyl groups is 1. The van der Waals surface area contributed by atoms with E-state index in [1.54, 1.807) is 25.3 Å². The SMILES string of the molecule is COc1ccccc1C(=O)NCC1(c2ccccc2)CCC(NS(=O)(=O)N[C@H]2c3ccccc3C[C@H]2O)CC1. The summed E-state index contributed by atoms with van der Waals surface area (Å²) in [6.07, 6.45) is 2.25. The molecule has 0 unspecified atom stereocenters. The Bertz CT molecular complexity index is 1400. The number of carbonyl (C=O) groups is 1. The van der Waals surface area contributed by atoms with Gasteiger partial charge in [-0.2, -0.15) is 17.9 Å². The number of nitrogens with one attached hydrogen (secondary N) is 3. The fourth-order valence-electron chi connectivity index (χ4n) is 5.96. The molecular formula is C30H35N3O5S. The summed E-state index contributed by atoms with van der Waals surface area (Å²) in [6, 6.07) is 23.8. The van der Waals surface area contributed by atoms with E-state index in [9.17, 15) is 18.3 Å². The quantitative estimate of drug-likeness (QED) is 0.327. The Balaban J connectivity index is 1.26. The minimum atomic E-state index is -3.86. The van der Waals surface area contributed by atoms with Crippen LogP contribution in [-0.4, -0.2) is 45.2 Å². The Labute approximate surface area is 230 Å². The Hall–Kier alpha value is -3.24. The second kappa shape index (κ2) is 11.5. The van der Waals surface area contributed by atoms with E-state index < -0.39 is 22.4 Å². The molecule has 0 heterocycles. The van der Waals surface area contributed by atoms with Gasteiger partial charge in [0.1, 0.15) is 5.75 Å². The van der Waals surface area contributed by atoms with Crippen molar-refractivity contribution < 1.29 is 23.1 Å². The highest BCUT2D eigenvalue weighted by atomic mass is 32.2. The summed E-state index contributed by atoms with van der Waals surface area (Å²) in [6.45, 7) is 0.427. The first-order valence-electron chi connectivity index (χ1n) is 13.3. The highest BCUT2D eigenvalue weighted by molar-refractivity contribution is 7.87. The van der Waals surface area contributed by atoms with Crippen molar-refractivity contribution in [3.05, 3.63) is 101 Å². The van der Waals surface area contributed by atoms with Crippen molar-refractivity contribution in [2.24, 2.45) is 0 Å². The highest BCUT2D eigenvalue weighted by Gasteiger charge is 2.39. The summed E-state index contributed by atoms with van der Waals surface area (Å²) < 4.78 is 37.0. The van der Waals surface area contributed by atoms with E-state index in [1.807, 2.05) is 48.5 Å². The number of para-hydroxylation sites is 1. The molecule has 8 nitrogen and oxygen atoms in total. The minimum Gasteiger partial charge on any atom is -0.496 e. The molecule has 0 bridgehead atoms. The summed E-state index contributed by atoms with van der Waals surface area (Å²) in [5.74, 6) is 0.314. The Kier molecular flexibility index (Phi) is 8.04. The van der Waals surface area contributed by atoms with Gasteiger partial charge >= 0.3 is 0 Å². The number of ether oxygens (including phenoxy) is 1. The van der Waals surface area contributed by atoms with Crippen LogP contribution in [-0.2, 0) is 22.0 Å². The molecule has 0 aromatic heterocycles. The summed E-state index contributed by atoms with van der Waals surface area (Å²) in [5.41, 5.74) is 3.04. The minimum absolute atomic E-state index is 0.204. The molecule has 3 aromatic rings. The molecule has 0 aliphatic heterocycles. The first-order valence-corrected chi connectivity index (χ1v) is 14.8. The van der Waals surface area contributed by atoms with Crippen LogP contribution in [0, 0.1) is 0 Å². The zero-order valence-electron chi connectivity index (χ0n) is 22.0. The fourth-order valence-corrected chi connectivity index (χ4v) is 7.32. The fraction of sp³-hybridized carbons (Fsp3) is 0.367. The van der Waals surface area contributed by atoms with Crippen molar-refractivity contribution in [2.45, 2.75) is 55.7 Å². The standard InChI is InChI=1S/C30H35N3O5S/c1-38-27-14-8-7-13-25(27)29(35)31-20-30(22-10-3-2-4-11-22)17-15-23(16-18-30)32-39(36,37)33-28-24-12-6-5-9-21(24)19-26(28)34/h2-14,23,26,28,32-34H,15-20H2,1H3,(H,31,35)/t23?,26-,28+,30?/m1/s1. The van der Waals surface area contributed by atoms with Crippen molar-refractivity contribution in [3.63, 3.8) is 0 Å². The Morgan fingerprint density at radius 1 is 0.949 bits per heavy atom. The van der Waals surface area contributed by atoms with Crippen LogP contribution in [0.4, 0.5) is 0 Å². The third-order valence-corrected chi connectivity index (χ3v) is 9.28. The predicted molar refractivity (Wildman–Crippen MR) is 150 cm³/mol. The lowest BCUT2D eigenvalue weighted by Gasteiger charge is -2.41. The lowest BCUT2D eigenvalue weighted by Crippen LogP contribution is -2.50. The molecule has 0 saturated heterocycles. The van der Waals surface area contributed by atoms with Crippen LogP contribution in [0.2, 0.25) is 0 Å². The third-order valence-electron chi connectivity index (χ3n) is 8.08. The lowest BCUT2D eigenvalue weighted by atomic mass is 9.68. The normalized spacial score (nSPS) is 24.6. The maximum absolute atomic E-state index is 13.1. The second-order valence-electron chi connectivity index (χ2n) is 10.5. The number of hydrogen-bond acceptors (Lipinski definition) is 5. The number of rotatable bonds is 9. The summed E-state index contributed by atoms with van der Waals surface area (Å²) >= 11 is 0. The van der Waals surface area contributed by atoms with Crippen molar-refractivity contribution in [3.8, 4) is 5.75 Å². The molecule has 9 heteroatoms. The van der Waals surface area contributed by atoms with Gasteiger partial charge in [-0.05, 0) is 54.5 Å². The van der Waals surface area contributed by atoms with Gasteiger partial charge in [-0.3, -0.25) is 4.79 Å². The van der Waals surface area contributed by atoms with E-state index in [0.717, 1.165) is 16.7 Å². The number of hydrogen-bond donors (Lipinski definition) is 4. The van der Waals surface area contributed by atoms with Gasteiger partial charge in [0.25, 0.3) is 16.1 Å². The van der Waals surface area contributed by atoms with Crippen molar-refractivity contribution >= 4 is 16.1 Å². The largest absolute Gasteiger partial charge is 0.496 e. The van der Waals surface area contributed by atoms with Crippen LogP contribution in [0.5, 0.6) is 5.75 Å². The molecule has 2 atom stereocenters. The monoisotopic (exact) mass is 549 g/mol. The van der Waals surface area contributed by atoms with Crippen molar-refractivity contribution in [1.29, 1.82) is 0 Å². The molecule has 1 fully saturated rings. The van der Waals surface area contributed by atoms with Gasteiger partial charge in [0.15, 0.2) is 0 Å². The number of amides is 1. The average molecular weight is 550 g/mol. The maximum Gasteiger partial charge on any atom is 0.277 e. The van der Waals surface area contributed by atoms with E-state index in [-0.39, 0.29) is 17.4 Å². The summed E-state index contributed by atoms with van der Waals surface area (Å²) in [7, 11) is -2.31. The Morgan fingerprint density at radius 3 is 2.36 bits per heavy atom. The van der Waals surface area contributed by atoms with E-state index >= 15 is 0 Å². The topological polar surface area (TPSA) is 117 Å². The summed E-state index contributed by atoms with van der Waals surface area (Å²) in [4.78, 5) is 13.1. The van der Waals surface area contributed by atoms with Crippen LogP contribution in [0.1, 0.15) is 58.8 Å². The molecule has 39 heavy (non-hydrogen) atoms. The van der Waals surface area contributed by atoms with Crippen LogP contribution in [0.3, 0.4) is 0 Å². The zero-order chi connectivity index (χ0) is 27.5. The van der Waals surface area contributed by atoms with Crippen LogP contribution < -0.4 is 19.5 Å². The lowest BCUT2D eigenvalue weighted by molar-refractivity contribution is 0.0932. The third kappa shape index (κ3) is 6.01. The smallest absolute Gasteiger partial charge is 0.277 e. The van der Waals surface area contributed by atoms with E-state index in [0.29, 0.717) is 50.0 Å². The molecule has 2 aliphatic carbocycles. The van der Waals surface area contributed by atoms with Gasteiger partial charge in [0, 0.05) is 24.4 Å². The number of fused-ring (bicyclic) bond motifs is 1. The predicted octanol–water partition coefficient (Wildman–Crippen LogP) is 3.39. The van der Waals surface area contributed by atoms with E-state index in [4.69, 9.17) is 4.74 Å². The molecule has 4 N–H and O–H groups in total. The highest BCUT2D eigenvalue weighted by Crippen LogP contribution is 2.40.